The van der Waals surface area contributed by atoms with Gasteiger partial charge in [-0.2, -0.15) is 5.10 Å². The average molecular weight is 250 g/mol. The van der Waals surface area contributed by atoms with Gasteiger partial charge in [0.15, 0.2) is 0 Å². The summed E-state index contributed by atoms with van der Waals surface area (Å²) < 4.78 is 1.98. The van der Waals surface area contributed by atoms with Crippen LogP contribution < -0.4 is 0 Å². The van der Waals surface area contributed by atoms with Gasteiger partial charge in [-0.15, -0.1) is 0 Å². The van der Waals surface area contributed by atoms with Crippen molar-refractivity contribution in [2.24, 2.45) is 11.8 Å². The maximum atomic E-state index is 10.7. The van der Waals surface area contributed by atoms with Crippen molar-refractivity contribution < 1.29 is 5.11 Å². The second kappa shape index (κ2) is 6.37. The molecule has 1 aromatic rings. The molecule has 1 heterocycles. The van der Waals surface area contributed by atoms with E-state index in [9.17, 15) is 5.11 Å². The number of aliphatic hydroxyl groups excluding tert-OH is 1. The molecule has 1 aromatic heterocycles. The molecule has 1 aliphatic rings. The minimum Gasteiger partial charge on any atom is -0.387 e. The van der Waals surface area contributed by atoms with Gasteiger partial charge in [0.05, 0.1) is 11.8 Å². The van der Waals surface area contributed by atoms with Crippen molar-refractivity contribution in [1.29, 1.82) is 0 Å². The minimum absolute atomic E-state index is 0.329. The molecular weight excluding hydrogens is 224 g/mol. The first-order valence-corrected chi connectivity index (χ1v) is 7.47. The summed E-state index contributed by atoms with van der Waals surface area (Å²) in [4.78, 5) is 0. The molecule has 3 unspecified atom stereocenters. The Morgan fingerprint density at radius 1 is 1.39 bits per heavy atom. The third kappa shape index (κ3) is 2.77. The Hall–Kier alpha value is -0.830. The summed E-state index contributed by atoms with van der Waals surface area (Å²) in [6, 6.07) is 1.99. The molecule has 1 N–H and O–H groups in total. The first-order chi connectivity index (χ1) is 8.77. The third-order valence-corrected chi connectivity index (χ3v) is 4.39. The lowest BCUT2D eigenvalue weighted by molar-refractivity contribution is 0.0387. The fourth-order valence-corrected chi connectivity index (χ4v) is 3.37. The number of aromatic nitrogens is 2. The Morgan fingerprint density at radius 2 is 2.17 bits per heavy atom. The highest BCUT2D eigenvalue weighted by Crippen LogP contribution is 2.40. The maximum absolute atomic E-state index is 10.7. The van der Waals surface area contributed by atoms with E-state index in [1.54, 1.807) is 0 Å². The largest absolute Gasteiger partial charge is 0.387 e. The molecule has 0 amide bonds. The number of hydrogen-bond acceptors (Lipinski definition) is 2. The molecule has 3 nitrogen and oxygen atoms in total. The van der Waals surface area contributed by atoms with E-state index in [1.807, 2.05) is 16.9 Å². The fourth-order valence-electron chi connectivity index (χ4n) is 3.37. The van der Waals surface area contributed by atoms with Crippen LogP contribution in [0.2, 0.25) is 0 Å². The smallest absolute Gasteiger partial charge is 0.0987 e. The summed E-state index contributed by atoms with van der Waals surface area (Å²) in [7, 11) is 0. The summed E-state index contributed by atoms with van der Waals surface area (Å²) >= 11 is 0. The molecule has 18 heavy (non-hydrogen) atoms. The molecule has 0 saturated heterocycles. The van der Waals surface area contributed by atoms with Crippen LogP contribution in [-0.4, -0.2) is 14.9 Å². The topological polar surface area (TPSA) is 38.0 Å². The zero-order valence-corrected chi connectivity index (χ0v) is 11.7. The Balaban J connectivity index is 2.13. The predicted molar refractivity (Wildman–Crippen MR) is 73.2 cm³/mol. The molecule has 1 fully saturated rings. The Kier molecular flexibility index (Phi) is 4.81. The van der Waals surface area contributed by atoms with Gasteiger partial charge in [-0.25, -0.2) is 0 Å². The van der Waals surface area contributed by atoms with Gasteiger partial charge in [0.25, 0.3) is 0 Å². The van der Waals surface area contributed by atoms with Crippen LogP contribution in [0, 0.1) is 11.8 Å². The molecule has 1 saturated carbocycles. The van der Waals surface area contributed by atoms with E-state index < -0.39 is 0 Å². The zero-order valence-electron chi connectivity index (χ0n) is 11.7. The summed E-state index contributed by atoms with van der Waals surface area (Å²) in [5.41, 5.74) is 1.02. The quantitative estimate of drug-likeness (QED) is 0.868. The third-order valence-electron chi connectivity index (χ3n) is 4.39. The average Bonchev–Trinajstić information content (AvgIpc) is 2.86. The molecule has 0 aliphatic heterocycles. The summed E-state index contributed by atoms with van der Waals surface area (Å²) in [6.07, 6.45) is 8.77. The lowest BCUT2D eigenvalue weighted by atomic mass is 9.74. The van der Waals surface area contributed by atoms with Crippen molar-refractivity contribution >= 4 is 0 Å². The van der Waals surface area contributed by atoms with Crippen LogP contribution in [0.5, 0.6) is 0 Å². The van der Waals surface area contributed by atoms with Gasteiger partial charge in [0.2, 0.25) is 0 Å². The number of nitrogens with zero attached hydrogens (tertiary/aromatic N) is 2. The number of aryl methyl sites for hydroxylation is 1. The predicted octanol–water partition coefficient (Wildman–Crippen LogP) is 3.54. The molecule has 0 bridgehead atoms. The SMILES string of the molecule is CCCn1nccc1C(O)C1CCCCC1CC. The van der Waals surface area contributed by atoms with Crippen LogP contribution in [0.3, 0.4) is 0 Å². The maximum Gasteiger partial charge on any atom is 0.0987 e. The van der Waals surface area contributed by atoms with Gasteiger partial charge in [-0.1, -0.05) is 39.5 Å². The van der Waals surface area contributed by atoms with Crippen molar-refractivity contribution in [3.05, 3.63) is 18.0 Å². The van der Waals surface area contributed by atoms with Crippen molar-refractivity contribution in [2.45, 2.75) is 65.0 Å². The van der Waals surface area contributed by atoms with Crippen molar-refractivity contribution in [3.63, 3.8) is 0 Å². The van der Waals surface area contributed by atoms with Gasteiger partial charge >= 0.3 is 0 Å². The van der Waals surface area contributed by atoms with E-state index in [4.69, 9.17) is 0 Å². The Labute approximate surface area is 110 Å². The van der Waals surface area contributed by atoms with Crippen molar-refractivity contribution in [1.82, 2.24) is 9.78 Å². The van der Waals surface area contributed by atoms with E-state index in [1.165, 1.54) is 25.7 Å². The number of rotatable bonds is 5. The van der Waals surface area contributed by atoms with Crippen LogP contribution in [0.4, 0.5) is 0 Å². The fraction of sp³-hybridized carbons (Fsp3) is 0.800. The van der Waals surface area contributed by atoms with Crippen molar-refractivity contribution in [3.8, 4) is 0 Å². The Bertz CT molecular complexity index is 361. The van der Waals surface area contributed by atoms with Crippen LogP contribution in [0.15, 0.2) is 12.3 Å². The van der Waals surface area contributed by atoms with E-state index in [0.29, 0.717) is 11.8 Å². The van der Waals surface area contributed by atoms with Crippen LogP contribution >= 0.6 is 0 Å². The van der Waals surface area contributed by atoms with E-state index in [-0.39, 0.29) is 6.10 Å². The standard InChI is InChI=1S/C15H26N2O/c1-3-11-17-14(9-10-16-17)15(18)13-8-6-5-7-12(13)4-2/h9-10,12-13,15,18H,3-8,11H2,1-2H3. The molecule has 3 atom stereocenters. The molecule has 0 aromatic carbocycles. The monoisotopic (exact) mass is 250 g/mol. The van der Waals surface area contributed by atoms with Crippen LogP contribution in [0.25, 0.3) is 0 Å². The second-order valence-electron chi connectivity index (χ2n) is 5.54. The number of aliphatic hydroxyl groups is 1. The van der Waals surface area contributed by atoms with E-state index in [2.05, 4.69) is 18.9 Å². The first-order valence-electron chi connectivity index (χ1n) is 7.47. The normalized spacial score (nSPS) is 26.2. The van der Waals surface area contributed by atoms with Gasteiger partial charge in [-0.3, -0.25) is 4.68 Å². The zero-order chi connectivity index (χ0) is 13.0. The Morgan fingerprint density at radius 3 is 2.89 bits per heavy atom. The highest BCUT2D eigenvalue weighted by molar-refractivity contribution is 5.07. The second-order valence-corrected chi connectivity index (χ2v) is 5.54. The highest BCUT2D eigenvalue weighted by Gasteiger charge is 2.31. The number of hydrogen-bond donors (Lipinski definition) is 1. The van der Waals surface area contributed by atoms with Crippen LogP contribution in [-0.2, 0) is 6.54 Å². The first kappa shape index (κ1) is 13.6. The summed E-state index contributed by atoms with van der Waals surface area (Å²) in [5.74, 6) is 1.11. The summed E-state index contributed by atoms with van der Waals surface area (Å²) in [6.45, 7) is 5.30. The van der Waals surface area contributed by atoms with Gasteiger partial charge < -0.3 is 5.11 Å². The molecular formula is C15H26N2O. The molecule has 0 radical (unpaired) electrons. The van der Waals surface area contributed by atoms with E-state index in [0.717, 1.165) is 25.1 Å². The molecule has 0 spiro atoms. The van der Waals surface area contributed by atoms with E-state index >= 15 is 0 Å². The van der Waals surface area contributed by atoms with Gasteiger partial charge in [0, 0.05) is 12.7 Å². The molecule has 1 aliphatic carbocycles. The molecule has 2 rings (SSSR count). The van der Waals surface area contributed by atoms with Gasteiger partial charge in [0.1, 0.15) is 0 Å². The van der Waals surface area contributed by atoms with Crippen LogP contribution in [0.1, 0.15) is 64.2 Å². The highest BCUT2D eigenvalue weighted by atomic mass is 16.3. The lowest BCUT2D eigenvalue weighted by Crippen LogP contribution is -2.27. The molecule has 102 valence electrons. The lowest BCUT2D eigenvalue weighted by Gasteiger charge is -2.34. The minimum atomic E-state index is -0.329. The molecule has 3 heteroatoms. The van der Waals surface area contributed by atoms with Crippen molar-refractivity contribution in [2.75, 3.05) is 0 Å². The van der Waals surface area contributed by atoms with Gasteiger partial charge in [-0.05, 0) is 30.7 Å². The summed E-state index contributed by atoms with van der Waals surface area (Å²) in [5, 5.41) is 15.0.